The first-order chi connectivity index (χ1) is 11.3. The molecule has 0 radical (unpaired) electrons. The molecule has 2 nitrogen and oxygen atoms in total. The molecule has 0 saturated carbocycles. The fourth-order valence-corrected chi connectivity index (χ4v) is 3.47. The molecule has 128 valence electrons. The lowest BCUT2D eigenvalue weighted by atomic mass is 9.79. The van der Waals surface area contributed by atoms with Crippen LogP contribution in [0.1, 0.15) is 43.9 Å². The molecule has 0 aromatic heterocycles. The zero-order valence-electron chi connectivity index (χ0n) is 15.3. The van der Waals surface area contributed by atoms with Crippen molar-refractivity contribution >= 4 is 23.0 Å². The van der Waals surface area contributed by atoms with Crippen LogP contribution in [0.2, 0.25) is 0 Å². The number of nitrogens with one attached hydrogen (secondary N) is 2. The number of rotatable bonds is 5. The zero-order chi connectivity index (χ0) is 17.7. The van der Waals surface area contributed by atoms with Crippen LogP contribution in [0.4, 0.5) is 5.69 Å². The average molecular weight is 341 g/mol. The number of hydrogen-bond donors (Lipinski definition) is 2. The maximum atomic E-state index is 5.49. The minimum Gasteiger partial charge on any atom is -0.360 e. The van der Waals surface area contributed by atoms with Crippen molar-refractivity contribution in [1.29, 1.82) is 0 Å². The van der Waals surface area contributed by atoms with Crippen LogP contribution in [-0.2, 0) is 5.41 Å². The molecular formula is C21H28N2S. The molecule has 0 heterocycles. The summed E-state index contributed by atoms with van der Waals surface area (Å²) in [7, 11) is 0. The van der Waals surface area contributed by atoms with Crippen LogP contribution in [0.5, 0.6) is 0 Å². The van der Waals surface area contributed by atoms with Gasteiger partial charge in [-0.2, -0.15) is 0 Å². The number of aryl methyl sites for hydroxylation is 2. The zero-order valence-corrected chi connectivity index (χ0v) is 16.1. The Morgan fingerprint density at radius 3 is 2.38 bits per heavy atom. The first-order valence-electron chi connectivity index (χ1n) is 8.48. The SMILES string of the molecule is Cc1ccc(NC(=S)N[C@@H](C)CC(C)(C)c2ccccc2)c(C)c1. The summed E-state index contributed by atoms with van der Waals surface area (Å²) in [5.74, 6) is 0. The first-order valence-corrected chi connectivity index (χ1v) is 8.89. The van der Waals surface area contributed by atoms with E-state index < -0.39 is 0 Å². The third kappa shape index (κ3) is 5.07. The van der Waals surface area contributed by atoms with Crippen LogP contribution in [0.15, 0.2) is 48.5 Å². The molecule has 0 saturated heterocycles. The van der Waals surface area contributed by atoms with Crippen molar-refractivity contribution in [2.45, 2.75) is 52.5 Å². The molecule has 0 bridgehead atoms. The number of hydrogen-bond acceptors (Lipinski definition) is 1. The van der Waals surface area contributed by atoms with Crippen molar-refractivity contribution in [3.05, 3.63) is 65.2 Å². The summed E-state index contributed by atoms with van der Waals surface area (Å²) in [5.41, 5.74) is 4.98. The minimum atomic E-state index is 0.100. The maximum Gasteiger partial charge on any atom is 0.170 e. The third-order valence-corrected chi connectivity index (χ3v) is 4.60. The van der Waals surface area contributed by atoms with Gasteiger partial charge in [0.05, 0.1) is 0 Å². The van der Waals surface area contributed by atoms with Gasteiger partial charge in [0, 0.05) is 11.7 Å². The highest BCUT2D eigenvalue weighted by atomic mass is 32.1. The summed E-state index contributed by atoms with van der Waals surface area (Å²) in [6, 6.07) is 17.3. The van der Waals surface area contributed by atoms with E-state index in [1.807, 2.05) is 0 Å². The van der Waals surface area contributed by atoms with Gasteiger partial charge in [0.1, 0.15) is 0 Å². The molecule has 2 aromatic carbocycles. The van der Waals surface area contributed by atoms with E-state index in [4.69, 9.17) is 12.2 Å². The van der Waals surface area contributed by atoms with Crippen molar-refractivity contribution in [2.75, 3.05) is 5.32 Å². The molecule has 0 spiro atoms. The van der Waals surface area contributed by atoms with Crippen LogP contribution in [0, 0.1) is 13.8 Å². The van der Waals surface area contributed by atoms with Crippen molar-refractivity contribution in [3.8, 4) is 0 Å². The Hall–Kier alpha value is -1.87. The summed E-state index contributed by atoms with van der Waals surface area (Å²) >= 11 is 5.49. The van der Waals surface area contributed by atoms with Crippen molar-refractivity contribution < 1.29 is 0 Å². The largest absolute Gasteiger partial charge is 0.360 e. The second kappa shape index (κ2) is 7.80. The summed E-state index contributed by atoms with van der Waals surface area (Å²) < 4.78 is 0. The van der Waals surface area contributed by atoms with E-state index in [9.17, 15) is 0 Å². The molecule has 24 heavy (non-hydrogen) atoms. The summed E-state index contributed by atoms with van der Waals surface area (Å²) in [6.07, 6.45) is 1.01. The van der Waals surface area contributed by atoms with Crippen LogP contribution in [-0.4, -0.2) is 11.2 Å². The predicted molar refractivity (Wildman–Crippen MR) is 109 cm³/mol. The van der Waals surface area contributed by atoms with Crippen molar-refractivity contribution in [3.63, 3.8) is 0 Å². The monoisotopic (exact) mass is 340 g/mol. The van der Waals surface area contributed by atoms with Gasteiger partial charge >= 0.3 is 0 Å². The Kier molecular flexibility index (Phi) is 6.00. The molecule has 1 atom stereocenters. The van der Waals surface area contributed by atoms with Crippen molar-refractivity contribution in [1.82, 2.24) is 5.32 Å². The van der Waals surface area contributed by atoms with Crippen LogP contribution < -0.4 is 10.6 Å². The first kappa shape index (κ1) is 18.5. The van der Waals surface area contributed by atoms with Crippen LogP contribution >= 0.6 is 12.2 Å². The highest BCUT2D eigenvalue weighted by Crippen LogP contribution is 2.28. The Morgan fingerprint density at radius 1 is 1.08 bits per heavy atom. The van der Waals surface area contributed by atoms with E-state index in [2.05, 4.69) is 93.8 Å². The molecule has 0 unspecified atom stereocenters. The van der Waals surface area contributed by atoms with E-state index in [0.29, 0.717) is 5.11 Å². The van der Waals surface area contributed by atoms with E-state index >= 15 is 0 Å². The van der Waals surface area contributed by atoms with Gasteiger partial charge in [0.2, 0.25) is 0 Å². The molecule has 0 aliphatic rings. The molecule has 2 rings (SSSR count). The van der Waals surface area contributed by atoms with Crippen LogP contribution in [0.3, 0.4) is 0 Å². The fraction of sp³-hybridized carbons (Fsp3) is 0.381. The summed E-state index contributed by atoms with van der Waals surface area (Å²) in [6.45, 7) is 10.9. The van der Waals surface area contributed by atoms with Gasteiger partial charge in [-0.15, -0.1) is 0 Å². The van der Waals surface area contributed by atoms with E-state index in [0.717, 1.165) is 12.1 Å². The van der Waals surface area contributed by atoms with Gasteiger partial charge in [-0.25, -0.2) is 0 Å². The fourth-order valence-electron chi connectivity index (χ4n) is 3.16. The molecule has 2 aromatic rings. The highest BCUT2D eigenvalue weighted by molar-refractivity contribution is 7.80. The molecular weight excluding hydrogens is 312 g/mol. The molecule has 2 N–H and O–H groups in total. The minimum absolute atomic E-state index is 0.100. The Balaban J connectivity index is 1.94. The van der Waals surface area contributed by atoms with Crippen molar-refractivity contribution in [2.24, 2.45) is 0 Å². The molecule has 0 amide bonds. The molecule has 3 heteroatoms. The topological polar surface area (TPSA) is 24.1 Å². The van der Waals surface area contributed by atoms with Crippen LogP contribution in [0.25, 0.3) is 0 Å². The molecule has 0 fully saturated rings. The normalized spacial score (nSPS) is 12.5. The maximum absolute atomic E-state index is 5.49. The van der Waals surface area contributed by atoms with Gasteiger partial charge in [-0.05, 0) is 62.0 Å². The van der Waals surface area contributed by atoms with E-state index in [-0.39, 0.29) is 11.5 Å². The van der Waals surface area contributed by atoms with Gasteiger partial charge in [-0.1, -0.05) is 61.9 Å². The smallest absolute Gasteiger partial charge is 0.170 e. The van der Waals surface area contributed by atoms with Gasteiger partial charge in [0.15, 0.2) is 5.11 Å². The lowest BCUT2D eigenvalue weighted by Crippen LogP contribution is -2.39. The van der Waals surface area contributed by atoms with Gasteiger partial charge in [-0.3, -0.25) is 0 Å². The van der Waals surface area contributed by atoms with E-state index in [1.54, 1.807) is 0 Å². The van der Waals surface area contributed by atoms with E-state index in [1.165, 1.54) is 16.7 Å². The van der Waals surface area contributed by atoms with Gasteiger partial charge < -0.3 is 10.6 Å². The second-order valence-corrected chi connectivity index (χ2v) is 7.68. The average Bonchev–Trinajstić information content (AvgIpc) is 2.50. The second-order valence-electron chi connectivity index (χ2n) is 7.27. The lowest BCUT2D eigenvalue weighted by Gasteiger charge is -2.30. The quantitative estimate of drug-likeness (QED) is 0.718. The summed E-state index contributed by atoms with van der Waals surface area (Å²) in [5, 5.41) is 7.41. The number of thiocarbonyl (C=S) groups is 1. The number of anilines is 1. The Morgan fingerprint density at radius 2 is 1.75 bits per heavy atom. The molecule has 0 aliphatic heterocycles. The summed E-state index contributed by atoms with van der Waals surface area (Å²) in [4.78, 5) is 0. The Labute approximate surface area is 151 Å². The molecule has 0 aliphatic carbocycles. The highest BCUT2D eigenvalue weighted by Gasteiger charge is 2.23. The van der Waals surface area contributed by atoms with Gasteiger partial charge in [0.25, 0.3) is 0 Å². The standard InChI is InChI=1S/C21H28N2S/c1-15-11-12-19(16(2)13-15)23-20(24)22-17(3)14-21(4,5)18-9-7-6-8-10-18/h6-13,17H,14H2,1-5H3,(H2,22,23,24)/t17-/m0/s1. The Bertz CT molecular complexity index is 692. The third-order valence-electron chi connectivity index (χ3n) is 4.38. The predicted octanol–water partition coefficient (Wildman–Crippen LogP) is 5.35. The lowest BCUT2D eigenvalue weighted by molar-refractivity contribution is 0.420. The number of benzene rings is 2.